The van der Waals surface area contributed by atoms with Gasteiger partial charge in [-0.1, -0.05) is 0 Å². The van der Waals surface area contributed by atoms with Crippen LogP contribution < -0.4 is 5.48 Å². The first-order chi connectivity index (χ1) is 5.81. The van der Waals surface area contributed by atoms with Gasteiger partial charge in [-0.25, -0.2) is 0 Å². The van der Waals surface area contributed by atoms with E-state index in [0.717, 1.165) is 0 Å². The fourth-order valence-electron chi connectivity index (χ4n) is 0.574. The van der Waals surface area contributed by atoms with Crippen LogP contribution in [0.2, 0.25) is 0 Å². The highest BCUT2D eigenvalue weighted by Gasteiger charge is 2.15. The maximum Gasteiger partial charge on any atom is 0.323 e. The van der Waals surface area contributed by atoms with Crippen LogP contribution in [0, 0.1) is 0 Å². The van der Waals surface area contributed by atoms with Crippen molar-refractivity contribution in [3.8, 4) is 0 Å². The number of nitrogens with one attached hydrogen (secondary N) is 1. The molecule has 0 radical (unpaired) electrons. The molecule has 0 aliphatic carbocycles. The van der Waals surface area contributed by atoms with E-state index in [1.165, 1.54) is 6.92 Å². The van der Waals surface area contributed by atoms with Crippen LogP contribution in [0.3, 0.4) is 0 Å². The Labute approximate surface area is 77.3 Å². The van der Waals surface area contributed by atoms with E-state index in [2.05, 4.69) is 10.3 Å². The third kappa shape index (κ3) is 8.81. The van der Waals surface area contributed by atoms with Crippen LogP contribution in [-0.4, -0.2) is 24.1 Å². The largest absolute Gasteiger partial charge is 0.459 e. The third-order valence-corrected chi connectivity index (χ3v) is 0.852. The number of hydrogen-bond donors (Lipinski definition) is 1. The molecule has 0 aromatic rings. The average Bonchev–Trinajstić information content (AvgIpc) is 1.81. The van der Waals surface area contributed by atoms with Gasteiger partial charge in [0.1, 0.15) is 12.1 Å². The van der Waals surface area contributed by atoms with Crippen molar-refractivity contribution >= 4 is 11.9 Å². The molecule has 0 aliphatic heterocycles. The molecule has 0 aliphatic rings. The summed E-state index contributed by atoms with van der Waals surface area (Å²) in [4.78, 5) is 25.6. The van der Waals surface area contributed by atoms with Crippen LogP contribution in [0.1, 0.15) is 27.7 Å². The van der Waals surface area contributed by atoms with Crippen molar-refractivity contribution in [3.05, 3.63) is 0 Å². The number of hydroxylamine groups is 1. The minimum atomic E-state index is -0.519. The van der Waals surface area contributed by atoms with Gasteiger partial charge >= 0.3 is 11.9 Å². The second-order valence-corrected chi connectivity index (χ2v) is 3.50. The molecular formula is C8H15NO4. The SMILES string of the molecule is CC(=O)ONCC(=O)OC(C)(C)C. The lowest BCUT2D eigenvalue weighted by molar-refractivity contribution is -0.159. The number of ether oxygens (including phenoxy) is 1. The Balaban J connectivity index is 3.59. The zero-order valence-electron chi connectivity index (χ0n) is 8.34. The number of hydrogen-bond acceptors (Lipinski definition) is 5. The number of carbonyl (C=O) groups excluding carboxylic acids is 2. The Morgan fingerprint density at radius 2 is 1.85 bits per heavy atom. The van der Waals surface area contributed by atoms with E-state index < -0.39 is 17.5 Å². The molecule has 0 rings (SSSR count). The zero-order valence-corrected chi connectivity index (χ0v) is 8.34. The van der Waals surface area contributed by atoms with Crippen LogP contribution in [0.15, 0.2) is 0 Å². The lowest BCUT2D eigenvalue weighted by Crippen LogP contribution is -2.32. The molecule has 5 nitrogen and oxygen atoms in total. The van der Waals surface area contributed by atoms with Crippen LogP contribution in [0.25, 0.3) is 0 Å². The van der Waals surface area contributed by atoms with E-state index >= 15 is 0 Å². The van der Waals surface area contributed by atoms with Crippen molar-refractivity contribution in [1.82, 2.24) is 5.48 Å². The quantitative estimate of drug-likeness (QED) is 0.514. The van der Waals surface area contributed by atoms with E-state index in [4.69, 9.17) is 4.74 Å². The molecule has 0 spiro atoms. The van der Waals surface area contributed by atoms with Crippen LogP contribution in [0.4, 0.5) is 0 Å². The van der Waals surface area contributed by atoms with Gasteiger partial charge in [0.15, 0.2) is 0 Å². The summed E-state index contributed by atoms with van der Waals surface area (Å²) < 4.78 is 4.93. The summed E-state index contributed by atoms with van der Waals surface area (Å²) in [5, 5.41) is 0. The molecule has 0 saturated heterocycles. The molecule has 0 fully saturated rings. The Morgan fingerprint density at radius 1 is 1.31 bits per heavy atom. The number of rotatable bonds is 3. The van der Waals surface area contributed by atoms with E-state index in [1.807, 2.05) is 0 Å². The topological polar surface area (TPSA) is 64.6 Å². The van der Waals surface area contributed by atoms with Gasteiger partial charge in [0.05, 0.1) is 0 Å². The van der Waals surface area contributed by atoms with Crippen LogP contribution >= 0.6 is 0 Å². The zero-order chi connectivity index (χ0) is 10.5. The third-order valence-electron chi connectivity index (χ3n) is 0.852. The van der Waals surface area contributed by atoms with Crippen molar-refractivity contribution in [2.45, 2.75) is 33.3 Å². The normalized spacial score (nSPS) is 10.8. The number of esters is 1. The lowest BCUT2D eigenvalue weighted by atomic mass is 10.2. The van der Waals surface area contributed by atoms with E-state index in [0.29, 0.717) is 0 Å². The second-order valence-electron chi connectivity index (χ2n) is 3.50. The summed E-state index contributed by atoms with van der Waals surface area (Å²) in [5.41, 5.74) is 1.66. The number of carbonyl (C=O) groups is 2. The predicted octanol–water partition coefficient (Wildman–Crippen LogP) is 0.396. The molecule has 0 atom stereocenters. The highest BCUT2D eigenvalue weighted by molar-refractivity contribution is 5.72. The van der Waals surface area contributed by atoms with E-state index in [-0.39, 0.29) is 6.54 Å². The molecule has 0 aromatic heterocycles. The standard InChI is InChI=1S/C8H15NO4/c1-6(10)13-9-5-7(11)12-8(2,3)4/h9H,5H2,1-4H3. The minimum Gasteiger partial charge on any atom is -0.459 e. The Kier molecular flexibility index (Phi) is 4.40. The molecule has 0 aromatic carbocycles. The van der Waals surface area contributed by atoms with Gasteiger partial charge in [0.25, 0.3) is 0 Å². The second kappa shape index (κ2) is 4.81. The Hall–Kier alpha value is -1.10. The fourth-order valence-corrected chi connectivity index (χ4v) is 0.574. The van der Waals surface area contributed by atoms with Crippen molar-refractivity contribution in [2.75, 3.05) is 6.54 Å². The summed E-state index contributed by atoms with van der Waals surface area (Å²) in [6.07, 6.45) is 0. The molecule has 0 amide bonds. The molecule has 13 heavy (non-hydrogen) atoms. The van der Waals surface area contributed by atoms with Crippen molar-refractivity contribution < 1.29 is 19.2 Å². The minimum absolute atomic E-state index is 0.142. The molecule has 0 heterocycles. The molecule has 1 N–H and O–H groups in total. The predicted molar refractivity (Wildman–Crippen MR) is 45.6 cm³/mol. The molecule has 0 bridgehead atoms. The molecule has 0 saturated carbocycles. The first kappa shape index (κ1) is 11.9. The molecule has 0 unspecified atom stereocenters. The molecule has 76 valence electrons. The maximum absolute atomic E-state index is 11.0. The highest BCUT2D eigenvalue weighted by atomic mass is 16.7. The summed E-state index contributed by atoms with van der Waals surface area (Å²) in [6.45, 7) is 6.38. The lowest BCUT2D eigenvalue weighted by Gasteiger charge is -2.19. The van der Waals surface area contributed by atoms with Crippen molar-refractivity contribution in [3.63, 3.8) is 0 Å². The Bertz CT molecular complexity index is 195. The molecular weight excluding hydrogens is 174 g/mol. The summed E-state index contributed by atoms with van der Waals surface area (Å²) in [5.74, 6) is -0.961. The molecule has 5 heteroatoms. The maximum atomic E-state index is 11.0. The van der Waals surface area contributed by atoms with Gasteiger partial charge < -0.3 is 9.57 Å². The van der Waals surface area contributed by atoms with Gasteiger partial charge in [-0.15, -0.1) is 5.48 Å². The fraction of sp³-hybridized carbons (Fsp3) is 0.750. The summed E-state index contributed by atoms with van der Waals surface area (Å²) in [6, 6.07) is 0. The van der Waals surface area contributed by atoms with Crippen molar-refractivity contribution in [2.24, 2.45) is 0 Å². The summed E-state index contributed by atoms with van der Waals surface area (Å²) >= 11 is 0. The van der Waals surface area contributed by atoms with E-state index in [9.17, 15) is 9.59 Å². The smallest absolute Gasteiger partial charge is 0.323 e. The summed E-state index contributed by atoms with van der Waals surface area (Å²) in [7, 11) is 0. The van der Waals surface area contributed by atoms with Gasteiger partial charge in [-0.05, 0) is 20.8 Å². The van der Waals surface area contributed by atoms with Gasteiger partial charge in [0, 0.05) is 6.92 Å². The van der Waals surface area contributed by atoms with Crippen molar-refractivity contribution in [1.29, 1.82) is 0 Å². The average molecular weight is 189 g/mol. The Morgan fingerprint density at radius 3 is 2.23 bits per heavy atom. The highest BCUT2D eigenvalue weighted by Crippen LogP contribution is 2.05. The van der Waals surface area contributed by atoms with Gasteiger partial charge in [0.2, 0.25) is 0 Å². The van der Waals surface area contributed by atoms with Gasteiger partial charge in [-0.3, -0.25) is 9.59 Å². The first-order valence-electron chi connectivity index (χ1n) is 3.93. The van der Waals surface area contributed by atoms with Crippen LogP contribution in [-0.2, 0) is 19.2 Å². The first-order valence-corrected chi connectivity index (χ1v) is 3.93. The van der Waals surface area contributed by atoms with Gasteiger partial charge in [-0.2, -0.15) is 0 Å². The van der Waals surface area contributed by atoms with Crippen LogP contribution in [0.5, 0.6) is 0 Å². The van der Waals surface area contributed by atoms with E-state index in [1.54, 1.807) is 20.8 Å². The monoisotopic (exact) mass is 189 g/mol.